The Bertz CT molecular complexity index is 151. The molecule has 0 spiro atoms. The summed E-state index contributed by atoms with van der Waals surface area (Å²) in [5.74, 6) is 0. The number of thiocarbonyl (C=S) groups is 1. The van der Waals surface area contributed by atoms with Crippen LogP contribution >= 0.6 is 12.2 Å². The van der Waals surface area contributed by atoms with Crippen molar-refractivity contribution in [3.63, 3.8) is 0 Å². The molecule has 0 saturated heterocycles. The Balaban J connectivity index is 3.46. The molecule has 0 aliphatic heterocycles. The number of ether oxygens (including phenoxy) is 1. The van der Waals surface area contributed by atoms with E-state index in [1.165, 1.54) is 0 Å². The van der Waals surface area contributed by atoms with E-state index in [2.05, 4.69) is 24.5 Å². The van der Waals surface area contributed by atoms with Crippen LogP contribution in [0.5, 0.6) is 0 Å². The minimum Gasteiger partial charge on any atom is -0.377 e. The van der Waals surface area contributed by atoms with Crippen LogP contribution in [-0.4, -0.2) is 30.4 Å². The van der Waals surface area contributed by atoms with Crippen molar-refractivity contribution >= 4 is 17.3 Å². The largest absolute Gasteiger partial charge is 0.377 e. The molecule has 0 fully saturated rings. The third-order valence-electron chi connectivity index (χ3n) is 1.42. The number of rotatable bonds is 5. The zero-order chi connectivity index (χ0) is 10.3. The van der Waals surface area contributed by atoms with Crippen molar-refractivity contribution in [3.8, 4) is 0 Å². The van der Waals surface area contributed by atoms with Gasteiger partial charge in [-0.3, -0.25) is 0 Å². The van der Waals surface area contributed by atoms with Crippen LogP contribution in [0.1, 0.15) is 27.7 Å². The molecule has 4 heteroatoms. The smallest absolute Gasteiger partial charge is 0.166 e. The van der Waals surface area contributed by atoms with E-state index in [-0.39, 0.29) is 6.10 Å². The maximum atomic E-state index is 5.35. The van der Waals surface area contributed by atoms with Gasteiger partial charge in [0.15, 0.2) is 5.11 Å². The van der Waals surface area contributed by atoms with Crippen LogP contribution < -0.4 is 10.6 Å². The minimum atomic E-state index is 0.205. The van der Waals surface area contributed by atoms with Gasteiger partial charge in [-0.05, 0) is 39.9 Å². The number of hydrogen-bond acceptors (Lipinski definition) is 2. The Morgan fingerprint density at radius 1 is 1.38 bits per heavy atom. The lowest BCUT2D eigenvalue weighted by atomic mass is 10.4. The molecule has 3 nitrogen and oxygen atoms in total. The molecule has 0 heterocycles. The first kappa shape index (κ1) is 12.7. The highest BCUT2D eigenvalue weighted by atomic mass is 32.1. The molecule has 1 atom stereocenters. The van der Waals surface area contributed by atoms with Gasteiger partial charge in [-0.15, -0.1) is 0 Å². The molecule has 0 aliphatic carbocycles. The Hall–Kier alpha value is -0.350. The molecule has 0 rings (SSSR count). The highest BCUT2D eigenvalue weighted by Gasteiger charge is 2.02. The summed E-state index contributed by atoms with van der Waals surface area (Å²) in [6, 6.07) is 0.377. The molecule has 0 amide bonds. The molecule has 0 aromatic rings. The van der Waals surface area contributed by atoms with E-state index < -0.39 is 0 Å². The van der Waals surface area contributed by atoms with Crippen molar-refractivity contribution in [1.29, 1.82) is 0 Å². The summed E-state index contributed by atoms with van der Waals surface area (Å²) in [7, 11) is 0. The van der Waals surface area contributed by atoms with Crippen molar-refractivity contribution in [2.75, 3.05) is 13.2 Å². The molecule has 0 aliphatic rings. The van der Waals surface area contributed by atoms with Gasteiger partial charge >= 0.3 is 0 Å². The van der Waals surface area contributed by atoms with E-state index in [9.17, 15) is 0 Å². The predicted molar refractivity (Wildman–Crippen MR) is 60.0 cm³/mol. The lowest BCUT2D eigenvalue weighted by Crippen LogP contribution is -2.42. The molecule has 78 valence electrons. The van der Waals surface area contributed by atoms with Gasteiger partial charge in [0.25, 0.3) is 0 Å². The van der Waals surface area contributed by atoms with Gasteiger partial charge in [-0.25, -0.2) is 0 Å². The standard InChI is InChI=1S/C9H20N2OS/c1-5-12-8(4)6-10-9(13)11-7(2)3/h7-8H,5-6H2,1-4H3,(H2,10,11,13). The number of hydrogen-bond donors (Lipinski definition) is 2. The Morgan fingerprint density at radius 3 is 2.46 bits per heavy atom. The molecule has 0 saturated carbocycles. The van der Waals surface area contributed by atoms with Gasteiger partial charge < -0.3 is 15.4 Å². The highest BCUT2D eigenvalue weighted by Crippen LogP contribution is 1.87. The van der Waals surface area contributed by atoms with Crippen LogP contribution in [0, 0.1) is 0 Å². The van der Waals surface area contributed by atoms with Gasteiger partial charge in [-0.2, -0.15) is 0 Å². The summed E-state index contributed by atoms with van der Waals surface area (Å²) >= 11 is 5.06. The van der Waals surface area contributed by atoms with E-state index in [0.29, 0.717) is 11.2 Å². The van der Waals surface area contributed by atoms with E-state index >= 15 is 0 Å². The van der Waals surface area contributed by atoms with E-state index in [4.69, 9.17) is 17.0 Å². The van der Waals surface area contributed by atoms with Gasteiger partial charge in [0, 0.05) is 19.2 Å². The van der Waals surface area contributed by atoms with Gasteiger partial charge in [-0.1, -0.05) is 0 Å². The molecular formula is C9H20N2OS. The first-order valence-electron chi connectivity index (χ1n) is 4.72. The van der Waals surface area contributed by atoms with Crippen LogP contribution in [0.4, 0.5) is 0 Å². The average molecular weight is 204 g/mol. The fraction of sp³-hybridized carbons (Fsp3) is 0.889. The van der Waals surface area contributed by atoms with Crippen LogP contribution in [0.25, 0.3) is 0 Å². The second kappa shape index (κ2) is 7.09. The van der Waals surface area contributed by atoms with Crippen LogP contribution in [0.2, 0.25) is 0 Å². The fourth-order valence-corrected chi connectivity index (χ4v) is 1.21. The summed E-state index contributed by atoms with van der Waals surface area (Å²) in [4.78, 5) is 0. The molecule has 13 heavy (non-hydrogen) atoms. The van der Waals surface area contributed by atoms with Crippen LogP contribution in [0.15, 0.2) is 0 Å². The summed E-state index contributed by atoms with van der Waals surface area (Å²) in [5.41, 5.74) is 0. The van der Waals surface area contributed by atoms with Gasteiger partial charge in [0.1, 0.15) is 0 Å². The van der Waals surface area contributed by atoms with E-state index in [0.717, 1.165) is 13.2 Å². The summed E-state index contributed by atoms with van der Waals surface area (Å²) in [6.07, 6.45) is 0.205. The highest BCUT2D eigenvalue weighted by molar-refractivity contribution is 7.80. The summed E-state index contributed by atoms with van der Waals surface area (Å²) < 4.78 is 5.35. The monoisotopic (exact) mass is 204 g/mol. The zero-order valence-corrected chi connectivity index (χ0v) is 9.70. The third kappa shape index (κ3) is 7.99. The maximum Gasteiger partial charge on any atom is 0.166 e. The van der Waals surface area contributed by atoms with Crippen molar-refractivity contribution in [2.24, 2.45) is 0 Å². The number of nitrogens with one attached hydrogen (secondary N) is 2. The van der Waals surface area contributed by atoms with Crippen molar-refractivity contribution in [1.82, 2.24) is 10.6 Å². The van der Waals surface area contributed by atoms with Crippen molar-refractivity contribution < 1.29 is 4.74 Å². The second-order valence-corrected chi connectivity index (χ2v) is 3.68. The first-order chi connectivity index (χ1) is 6.06. The van der Waals surface area contributed by atoms with Crippen LogP contribution in [-0.2, 0) is 4.74 Å². The van der Waals surface area contributed by atoms with Gasteiger partial charge in [0.05, 0.1) is 6.10 Å². The summed E-state index contributed by atoms with van der Waals surface area (Å²) in [5, 5.41) is 6.89. The van der Waals surface area contributed by atoms with Crippen LogP contribution in [0.3, 0.4) is 0 Å². The topological polar surface area (TPSA) is 33.3 Å². The zero-order valence-electron chi connectivity index (χ0n) is 8.89. The first-order valence-corrected chi connectivity index (χ1v) is 5.13. The Kier molecular flexibility index (Phi) is 6.90. The lowest BCUT2D eigenvalue weighted by molar-refractivity contribution is 0.0794. The molecule has 1 unspecified atom stereocenters. The fourth-order valence-electron chi connectivity index (χ4n) is 0.893. The normalized spacial score (nSPS) is 12.7. The predicted octanol–water partition coefficient (Wildman–Crippen LogP) is 1.28. The van der Waals surface area contributed by atoms with Crippen molar-refractivity contribution in [3.05, 3.63) is 0 Å². The maximum absolute atomic E-state index is 5.35. The minimum absolute atomic E-state index is 0.205. The third-order valence-corrected chi connectivity index (χ3v) is 1.68. The second-order valence-electron chi connectivity index (χ2n) is 3.28. The molecule has 0 radical (unpaired) electrons. The molecule has 0 aromatic carbocycles. The molecule has 2 N–H and O–H groups in total. The van der Waals surface area contributed by atoms with Crippen molar-refractivity contribution in [2.45, 2.75) is 39.8 Å². The lowest BCUT2D eigenvalue weighted by Gasteiger charge is -2.16. The Morgan fingerprint density at radius 2 is 2.00 bits per heavy atom. The molecular weight excluding hydrogens is 184 g/mol. The van der Waals surface area contributed by atoms with E-state index in [1.807, 2.05) is 13.8 Å². The molecule has 0 bridgehead atoms. The van der Waals surface area contributed by atoms with E-state index in [1.54, 1.807) is 0 Å². The SMILES string of the molecule is CCOC(C)CNC(=S)NC(C)C. The average Bonchev–Trinajstić information content (AvgIpc) is 2.00. The van der Waals surface area contributed by atoms with Gasteiger partial charge in [0.2, 0.25) is 0 Å². The quantitative estimate of drug-likeness (QED) is 0.661. The summed E-state index contributed by atoms with van der Waals surface area (Å²) in [6.45, 7) is 9.62. The Labute approximate surface area is 86.2 Å². The molecule has 0 aromatic heterocycles.